The average molecular weight is 248 g/mol. The minimum absolute atomic E-state index is 0.198. The second kappa shape index (κ2) is 5.27. The minimum Gasteiger partial charge on any atom is -0.481 e. The molecule has 1 N–H and O–H groups in total. The summed E-state index contributed by atoms with van der Waals surface area (Å²) in [4.78, 5) is 4.66. The Labute approximate surface area is 110 Å². The van der Waals surface area contributed by atoms with E-state index in [1.54, 1.807) is 7.11 Å². The fraction of sp³-hybridized carbons (Fsp3) is 0.667. The summed E-state index contributed by atoms with van der Waals surface area (Å²) in [6, 6.07) is 4.20. The van der Waals surface area contributed by atoms with Gasteiger partial charge < -0.3 is 10.1 Å². The molecular formula is C15H24N2O. The van der Waals surface area contributed by atoms with E-state index in [0.29, 0.717) is 5.92 Å². The number of aromatic nitrogens is 1. The van der Waals surface area contributed by atoms with E-state index in [2.05, 4.69) is 37.1 Å². The summed E-state index contributed by atoms with van der Waals surface area (Å²) < 4.78 is 5.25. The fourth-order valence-corrected chi connectivity index (χ4v) is 2.85. The van der Waals surface area contributed by atoms with Crippen molar-refractivity contribution in [1.82, 2.24) is 10.3 Å². The van der Waals surface area contributed by atoms with Crippen LogP contribution in [0.1, 0.15) is 38.4 Å². The van der Waals surface area contributed by atoms with Gasteiger partial charge in [0.2, 0.25) is 5.88 Å². The molecule has 3 heteroatoms. The first-order valence-corrected chi connectivity index (χ1v) is 6.87. The number of hydrogen-bond donors (Lipinski definition) is 1. The highest BCUT2D eigenvalue weighted by Crippen LogP contribution is 2.37. The summed E-state index contributed by atoms with van der Waals surface area (Å²) in [6.07, 6.45) is 2.14. The molecule has 1 aliphatic rings. The van der Waals surface area contributed by atoms with Gasteiger partial charge in [0.05, 0.1) is 7.11 Å². The van der Waals surface area contributed by atoms with Crippen molar-refractivity contribution in [2.75, 3.05) is 20.2 Å². The molecule has 0 saturated carbocycles. The van der Waals surface area contributed by atoms with Gasteiger partial charge in [-0.05, 0) is 24.4 Å². The van der Waals surface area contributed by atoms with E-state index < -0.39 is 0 Å². The highest BCUT2D eigenvalue weighted by molar-refractivity contribution is 5.35. The molecule has 0 amide bonds. The molecule has 3 nitrogen and oxygen atoms in total. The molecule has 2 heterocycles. The lowest BCUT2D eigenvalue weighted by molar-refractivity contribution is 0.382. The molecule has 2 rings (SSSR count). The molecular weight excluding hydrogens is 224 g/mol. The predicted octanol–water partition coefficient (Wildman–Crippen LogP) is 2.54. The third kappa shape index (κ3) is 2.24. The van der Waals surface area contributed by atoms with Gasteiger partial charge in [0.25, 0.3) is 0 Å². The summed E-state index contributed by atoms with van der Waals surface area (Å²) in [6.45, 7) is 9.00. The number of methoxy groups -OCH3 is 1. The molecule has 100 valence electrons. The molecule has 0 aliphatic carbocycles. The van der Waals surface area contributed by atoms with E-state index in [-0.39, 0.29) is 5.41 Å². The van der Waals surface area contributed by atoms with Crippen LogP contribution in [0.4, 0.5) is 0 Å². The van der Waals surface area contributed by atoms with Crippen LogP contribution >= 0.6 is 0 Å². The van der Waals surface area contributed by atoms with Gasteiger partial charge in [0, 0.05) is 23.7 Å². The lowest BCUT2D eigenvalue weighted by Crippen LogP contribution is -2.31. The van der Waals surface area contributed by atoms with Crippen molar-refractivity contribution in [1.29, 1.82) is 0 Å². The molecule has 0 radical (unpaired) electrons. The summed E-state index contributed by atoms with van der Waals surface area (Å²) in [5, 5.41) is 3.50. The standard InChI is InChI=1S/C15H24N2O/c1-5-6-13-12(7-8-14(17-13)18-4)15(3)10-16-9-11(15)2/h7-8,11,16H,5-6,9-10H2,1-4H3. The van der Waals surface area contributed by atoms with Crippen molar-refractivity contribution >= 4 is 0 Å². The Balaban J connectivity index is 2.42. The van der Waals surface area contributed by atoms with Crippen molar-refractivity contribution in [2.24, 2.45) is 5.92 Å². The first-order valence-electron chi connectivity index (χ1n) is 6.87. The number of aryl methyl sites for hydroxylation is 1. The molecule has 2 unspecified atom stereocenters. The van der Waals surface area contributed by atoms with Crippen LogP contribution in [0.25, 0.3) is 0 Å². The SMILES string of the molecule is CCCc1nc(OC)ccc1C1(C)CNCC1C. The largest absolute Gasteiger partial charge is 0.481 e. The first kappa shape index (κ1) is 13.3. The molecule has 2 atom stereocenters. The Bertz CT molecular complexity index is 419. The van der Waals surface area contributed by atoms with Gasteiger partial charge in [-0.2, -0.15) is 0 Å². The zero-order valence-corrected chi connectivity index (χ0v) is 11.9. The summed E-state index contributed by atoms with van der Waals surface area (Å²) in [5.41, 5.74) is 2.79. The summed E-state index contributed by atoms with van der Waals surface area (Å²) in [7, 11) is 1.68. The van der Waals surface area contributed by atoms with Crippen LogP contribution in [-0.2, 0) is 11.8 Å². The van der Waals surface area contributed by atoms with Crippen LogP contribution < -0.4 is 10.1 Å². The smallest absolute Gasteiger partial charge is 0.213 e. The fourth-order valence-electron chi connectivity index (χ4n) is 2.85. The van der Waals surface area contributed by atoms with Crippen molar-refractivity contribution in [3.63, 3.8) is 0 Å². The Morgan fingerprint density at radius 1 is 1.50 bits per heavy atom. The predicted molar refractivity (Wildman–Crippen MR) is 74.2 cm³/mol. The maximum atomic E-state index is 5.25. The van der Waals surface area contributed by atoms with Gasteiger partial charge in [-0.3, -0.25) is 0 Å². The quantitative estimate of drug-likeness (QED) is 0.889. The van der Waals surface area contributed by atoms with Crippen LogP contribution in [0.2, 0.25) is 0 Å². The second-order valence-electron chi connectivity index (χ2n) is 5.55. The van der Waals surface area contributed by atoms with E-state index in [1.165, 1.54) is 11.3 Å². The number of rotatable bonds is 4. The van der Waals surface area contributed by atoms with Gasteiger partial charge in [-0.25, -0.2) is 4.98 Å². The van der Waals surface area contributed by atoms with Crippen molar-refractivity contribution in [2.45, 2.75) is 39.0 Å². The third-order valence-electron chi connectivity index (χ3n) is 4.29. The number of hydrogen-bond acceptors (Lipinski definition) is 3. The van der Waals surface area contributed by atoms with Crippen LogP contribution in [-0.4, -0.2) is 25.2 Å². The Hall–Kier alpha value is -1.09. The molecule has 1 fully saturated rings. The number of pyridine rings is 1. The average Bonchev–Trinajstić information content (AvgIpc) is 2.71. The molecule has 1 aromatic rings. The van der Waals surface area contributed by atoms with Crippen LogP contribution in [0, 0.1) is 5.92 Å². The Morgan fingerprint density at radius 2 is 2.28 bits per heavy atom. The Morgan fingerprint density at radius 3 is 2.83 bits per heavy atom. The van der Waals surface area contributed by atoms with E-state index in [0.717, 1.165) is 31.8 Å². The number of ether oxygens (including phenoxy) is 1. The van der Waals surface area contributed by atoms with Crippen LogP contribution in [0.3, 0.4) is 0 Å². The molecule has 0 spiro atoms. The van der Waals surface area contributed by atoms with E-state index >= 15 is 0 Å². The summed E-state index contributed by atoms with van der Waals surface area (Å²) in [5.74, 6) is 1.37. The van der Waals surface area contributed by atoms with Crippen LogP contribution in [0.5, 0.6) is 5.88 Å². The zero-order chi connectivity index (χ0) is 13.2. The number of nitrogens with one attached hydrogen (secondary N) is 1. The zero-order valence-electron chi connectivity index (χ0n) is 11.9. The molecule has 1 aromatic heterocycles. The third-order valence-corrected chi connectivity index (χ3v) is 4.29. The van der Waals surface area contributed by atoms with E-state index in [4.69, 9.17) is 4.74 Å². The lowest BCUT2D eigenvalue weighted by atomic mass is 9.74. The highest BCUT2D eigenvalue weighted by atomic mass is 16.5. The van der Waals surface area contributed by atoms with Gasteiger partial charge in [0.15, 0.2) is 0 Å². The van der Waals surface area contributed by atoms with Crippen molar-refractivity contribution in [3.8, 4) is 5.88 Å². The first-order chi connectivity index (χ1) is 8.61. The molecule has 1 saturated heterocycles. The normalized spacial score (nSPS) is 27.4. The number of nitrogens with zero attached hydrogens (tertiary/aromatic N) is 1. The topological polar surface area (TPSA) is 34.1 Å². The van der Waals surface area contributed by atoms with E-state index in [9.17, 15) is 0 Å². The Kier molecular flexibility index (Phi) is 3.91. The van der Waals surface area contributed by atoms with Crippen LogP contribution in [0.15, 0.2) is 12.1 Å². The monoisotopic (exact) mass is 248 g/mol. The van der Waals surface area contributed by atoms with Gasteiger partial charge >= 0.3 is 0 Å². The maximum absolute atomic E-state index is 5.25. The van der Waals surface area contributed by atoms with Crippen molar-refractivity contribution in [3.05, 3.63) is 23.4 Å². The van der Waals surface area contributed by atoms with E-state index in [1.807, 2.05) is 6.07 Å². The lowest BCUT2D eigenvalue weighted by Gasteiger charge is -2.30. The molecule has 1 aliphatic heterocycles. The second-order valence-corrected chi connectivity index (χ2v) is 5.55. The van der Waals surface area contributed by atoms with Gasteiger partial charge in [-0.15, -0.1) is 0 Å². The van der Waals surface area contributed by atoms with Gasteiger partial charge in [-0.1, -0.05) is 33.3 Å². The molecule has 0 bridgehead atoms. The van der Waals surface area contributed by atoms with Gasteiger partial charge in [0.1, 0.15) is 0 Å². The molecule has 18 heavy (non-hydrogen) atoms. The molecule has 0 aromatic carbocycles. The highest BCUT2D eigenvalue weighted by Gasteiger charge is 2.39. The maximum Gasteiger partial charge on any atom is 0.213 e. The van der Waals surface area contributed by atoms with Crippen molar-refractivity contribution < 1.29 is 4.74 Å². The minimum atomic E-state index is 0.198. The summed E-state index contributed by atoms with van der Waals surface area (Å²) >= 11 is 0.